The third-order valence-corrected chi connectivity index (χ3v) is 14.8. The van der Waals surface area contributed by atoms with Gasteiger partial charge in [0, 0.05) is 45.3 Å². The van der Waals surface area contributed by atoms with E-state index in [2.05, 4.69) is 20.8 Å². The smallest absolute Gasteiger partial charge is 0.425 e. The predicted molar refractivity (Wildman–Crippen MR) is 125 cm³/mol. The maximum absolute atomic E-state index is 6.70. The lowest BCUT2D eigenvalue weighted by Crippen LogP contribution is -2.67. The summed E-state index contributed by atoms with van der Waals surface area (Å²) in [5.41, 5.74) is 0. The van der Waals surface area contributed by atoms with Crippen molar-refractivity contribution in [3.8, 4) is 0 Å². The minimum absolute atomic E-state index is 0.666. The summed E-state index contributed by atoms with van der Waals surface area (Å²) in [5, 5.41) is 5.49. The number of hydrogen-bond acceptors (Lipinski definition) is 10. The van der Waals surface area contributed by atoms with Gasteiger partial charge in [-0.05, 0) is 6.42 Å². The molecule has 1 unspecified atom stereocenters. The molecule has 0 radical (unpaired) electrons. The normalized spacial score (nSPS) is 24.2. The molecule has 0 aromatic heterocycles. The summed E-state index contributed by atoms with van der Waals surface area (Å²) in [5.74, 6) is 0. The van der Waals surface area contributed by atoms with Crippen LogP contribution in [-0.2, 0) is 30.0 Å². The first-order valence-electron chi connectivity index (χ1n) is 11.3. The van der Waals surface area contributed by atoms with Crippen LogP contribution in [0.3, 0.4) is 0 Å². The number of nitrogens with zero attached hydrogens (tertiary/aromatic N) is 3. The first kappa shape index (κ1) is 28.5. The fraction of sp³-hybridized carbons (Fsp3) is 1.00. The molecule has 1 aliphatic rings. The summed E-state index contributed by atoms with van der Waals surface area (Å²) < 4.78 is 44.1. The average molecular weight is 502 g/mol. The SMILES string of the molecule is CCCC[Si]1(ON(CC)CC)O[SiH2]O[SiH2]O[Si](ON(CC)CC)(ON(CC)CC)O1. The molecule has 180 valence electrons. The van der Waals surface area contributed by atoms with E-state index in [1.165, 1.54) is 0 Å². The highest BCUT2D eigenvalue weighted by Crippen LogP contribution is 2.29. The molecule has 0 amide bonds. The lowest BCUT2D eigenvalue weighted by molar-refractivity contribution is -0.206. The van der Waals surface area contributed by atoms with Crippen molar-refractivity contribution in [3.05, 3.63) is 0 Å². The Morgan fingerprint density at radius 2 is 1.13 bits per heavy atom. The minimum Gasteiger partial charge on any atom is -0.425 e. The van der Waals surface area contributed by atoms with Gasteiger partial charge < -0.3 is 16.5 Å². The quantitative estimate of drug-likeness (QED) is 0.240. The Balaban J connectivity index is 3.33. The number of hydroxylamine groups is 6. The Bertz CT molecular complexity index is 431. The molecule has 1 atom stereocenters. The molecule has 1 fully saturated rings. The molecule has 1 aliphatic heterocycles. The maximum Gasteiger partial charge on any atom is 0.697 e. The topological polar surface area (TPSA) is 74.3 Å². The van der Waals surface area contributed by atoms with E-state index >= 15 is 0 Å². The first-order chi connectivity index (χ1) is 14.5. The zero-order valence-corrected chi connectivity index (χ0v) is 24.8. The third kappa shape index (κ3) is 9.14. The predicted octanol–water partition coefficient (Wildman–Crippen LogP) is 1.06. The van der Waals surface area contributed by atoms with E-state index in [4.69, 9.17) is 30.0 Å². The molecule has 1 heterocycles. The van der Waals surface area contributed by atoms with E-state index in [-0.39, 0.29) is 0 Å². The van der Waals surface area contributed by atoms with Crippen molar-refractivity contribution < 1.29 is 30.0 Å². The van der Waals surface area contributed by atoms with Gasteiger partial charge in [0.2, 0.25) is 0 Å². The first-order valence-corrected chi connectivity index (χ1v) is 17.2. The van der Waals surface area contributed by atoms with Gasteiger partial charge in [0.15, 0.2) is 0 Å². The summed E-state index contributed by atoms with van der Waals surface area (Å²) in [7, 11) is -9.46. The highest BCUT2D eigenvalue weighted by molar-refractivity contribution is 6.76. The van der Waals surface area contributed by atoms with Gasteiger partial charge in [0.25, 0.3) is 20.0 Å². The van der Waals surface area contributed by atoms with Gasteiger partial charge in [-0.1, -0.05) is 54.9 Å². The molecule has 0 bridgehead atoms. The van der Waals surface area contributed by atoms with Crippen molar-refractivity contribution in [3.63, 3.8) is 0 Å². The van der Waals surface area contributed by atoms with Gasteiger partial charge in [0.05, 0.1) is 0 Å². The molecule has 0 N–H and O–H groups in total. The van der Waals surface area contributed by atoms with Gasteiger partial charge >= 0.3 is 17.9 Å². The summed E-state index contributed by atoms with van der Waals surface area (Å²) in [4.78, 5) is 0. The van der Waals surface area contributed by atoms with Crippen molar-refractivity contribution in [2.24, 2.45) is 0 Å². The second-order valence-corrected chi connectivity index (χ2v) is 15.4. The lowest BCUT2D eigenvalue weighted by atomic mass is 10.4. The van der Waals surface area contributed by atoms with E-state index < -0.39 is 37.9 Å². The fourth-order valence-electron chi connectivity index (χ4n) is 2.81. The van der Waals surface area contributed by atoms with Gasteiger partial charge in [-0.25, -0.2) is 0 Å². The largest absolute Gasteiger partial charge is 0.697 e. The Hall–Kier alpha value is 0.468. The van der Waals surface area contributed by atoms with Gasteiger partial charge in [-0.3, -0.25) is 13.6 Å². The molecule has 0 saturated carbocycles. The fourth-order valence-corrected chi connectivity index (χ4v) is 14.4. The van der Waals surface area contributed by atoms with Crippen LogP contribution in [0.25, 0.3) is 0 Å². The molecule has 0 spiro atoms. The highest BCUT2D eigenvalue weighted by Gasteiger charge is 2.60. The second kappa shape index (κ2) is 15.3. The van der Waals surface area contributed by atoms with Crippen LogP contribution >= 0.6 is 0 Å². The van der Waals surface area contributed by atoms with E-state index in [9.17, 15) is 0 Å². The van der Waals surface area contributed by atoms with E-state index in [1.807, 2.05) is 32.8 Å². The standard InChI is InChI=1S/C16H43N3O7Si4/c1-8-15-16-29(20-17(9-2)10-3)24-27-23-28-25-30(26-29,21-18(11-4)12-5)22-19(13-6)14-7/h8-16,27-28H2,1-7H3. The molecule has 30 heavy (non-hydrogen) atoms. The maximum atomic E-state index is 6.70. The van der Waals surface area contributed by atoms with E-state index in [0.29, 0.717) is 32.2 Å². The average Bonchev–Trinajstić information content (AvgIpc) is 2.76. The summed E-state index contributed by atoms with van der Waals surface area (Å²) in [6.07, 6.45) is 1.92. The van der Waals surface area contributed by atoms with Crippen LogP contribution in [-0.4, -0.2) is 92.3 Å². The summed E-state index contributed by atoms with van der Waals surface area (Å²) in [6.45, 7) is 18.5. The van der Waals surface area contributed by atoms with Crippen LogP contribution in [0.5, 0.6) is 0 Å². The second-order valence-electron chi connectivity index (χ2n) is 6.73. The van der Waals surface area contributed by atoms with Crippen LogP contribution in [0.15, 0.2) is 0 Å². The van der Waals surface area contributed by atoms with Crippen molar-refractivity contribution in [1.29, 1.82) is 0 Å². The van der Waals surface area contributed by atoms with Gasteiger partial charge in [-0.15, -0.1) is 0 Å². The van der Waals surface area contributed by atoms with Crippen LogP contribution in [0.4, 0.5) is 0 Å². The Kier molecular flexibility index (Phi) is 14.6. The summed E-state index contributed by atoms with van der Waals surface area (Å²) in [6, 6.07) is 0.666. The lowest BCUT2D eigenvalue weighted by Gasteiger charge is -2.42. The van der Waals surface area contributed by atoms with Gasteiger partial charge in [-0.2, -0.15) is 15.2 Å². The molecule has 1 saturated heterocycles. The van der Waals surface area contributed by atoms with Crippen LogP contribution in [0.1, 0.15) is 61.3 Å². The van der Waals surface area contributed by atoms with Crippen LogP contribution in [0.2, 0.25) is 6.04 Å². The Morgan fingerprint density at radius 3 is 1.60 bits per heavy atom. The van der Waals surface area contributed by atoms with E-state index in [1.54, 1.807) is 10.1 Å². The molecule has 1 rings (SSSR count). The minimum atomic E-state index is -3.66. The van der Waals surface area contributed by atoms with Crippen molar-refractivity contribution >= 4 is 37.9 Å². The monoisotopic (exact) mass is 501 g/mol. The molecular weight excluding hydrogens is 459 g/mol. The summed E-state index contributed by atoms with van der Waals surface area (Å²) >= 11 is 0. The molecule has 0 aromatic rings. The highest BCUT2D eigenvalue weighted by atomic mass is 28.5. The molecule has 14 heteroatoms. The zero-order chi connectivity index (χ0) is 22.5. The Labute approximate surface area is 189 Å². The molecule has 0 aromatic carbocycles. The van der Waals surface area contributed by atoms with Crippen molar-refractivity contribution in [2.75, 3.05) is 39.3 Å². The van der Waals surface area contributed by atoms with Crippen LogP contribution in [0, 0.1) is 0 Å². The molecule has 0 aliphatic carbocycles. The zero-order valence-electron chi connectivity index (χ0n) is 20.0. The molecular formula is C16H43N3O7Si4. The third-order valence-electron chi connectivity index (χ3n) is 4.66. The molecule has 10 nitrogen and oxygen atoms in total. The van der Waals surface area contributed by atoms with Crippen molar-refractivity contribution in [1.82, 2.24) is 15.2 Å². The van der Waals surface area contributed by atoms with Gasteiger partial charge in [0.1, 0.15) is 0 Å². The Morgan fingerprint density at radius 1 is 0.667 bits per heavy atom. The number of unbranched alkanes of at least 4 members (excludes halogenated alkanes) is 1. The number of hydrogen-bond donors (Lipinski definition) is 0. The van der Waals surface area contributed by atoms with Crippen LogP contribution < -0.4 is 0 Å². The number of rotatable bonds is 15. The van der Waals surface area contributed by atoms with Crippen molar-refractivity contribution in [2.45, 2.75) is 67.4 Å². The van der Waals surface area contributed by atoms with E-state index in [0.717, 1.165) is 25.9 Å².